The van der Waals surface area contributed by atoms with Crippen molar-refractivity contribution in [3.05, 3.63) is 110 Å². The van der Waals surface area contributed by atoms with Crippen molar-refractivity contribution in [2.45, 2.75) is 6.92 Å². The van der Waals surface area contributed by atoms with Crippen molar-refractivity contribution in [2.24, 2.45) is 0 Å². The minimum absolute atomic E-state index is 0.0641. The molecule has 1 N–H and O–H groups in total. The number of hydrogen-bond acceptors (Lipinski definition) is 4. The van der Waals surface area contributed by atoms with E-state index >= 15 is 0 Å². The molecule has 0 unspecified atom stereocenters. The van der Waals surface area contributed by atoms with Gasteiger partial charge in [0, 0.05) is 38.0 Å². The van der Waals surface area contributed by atoms with Crippen molar-refractivity contribution in [1.82, 2.24) is 9.97 Å². The Morgan fingerprint density at radius 3 is 2.67 bits per heavy atom. The Balaban J connectivity index is 1.60. The van der Waals surface area contributed by atoms with E-state index in [1.807, 2.05) is 79.7 Å². The smallest absolute Gasteiger partial charge is 0.260 e. The highest BCUT2D eigenvalue weighted by molar-refractivity contribution is 9.10. The van der Waals surface area contributed by atoms with Crippen LogP contribution < -0.4 is 10.3 Å². The summed E-state index contributed by atoms with van der Waals surface area (Å²) in [5.41, 5.74) is 2.88. The topological polar surface area (TPSA) is 72.1 Å². The molecule has 7 heteroatoms. The number of rotatable bonds is 6. The fraction of sp³-hybridized carbons (Fsp3) is 0.0690. The van der Waals surface area contributed by atoms with Gasteiger partial charge in [-0.2, -0.15) is 0 Å². The van der Waals surface area contributed by atoms with Crippen LogP contribution >= 0.6 is 27.5 Å². The minimum atomic E-state index is -0.454. The zero-order valence-corrected chi connectivity index (χ0v) is 21.6. The van der Waals surface area contributed by atoms with Gasteiger partial charge in [0.05, 0.1) is 17.7 Å². The molecule has 5 aromatic rings. The molecule has 0 aliphatic heterocycles. The second-order valence-corrected chi connectivity index (χ2v) is 9.39. The van der Waals surface area contributed by atoms with E-state index in [1.54, 1.807) is 6.08 Å². The molecular formula is C29H20BrClN2O3. The van der Waals surface area contributed by atoms with Crippen LogP contribution in [0.1, 0.15) is 22.8 Å². The average Bonchev–Trinajstić information content (AvgIpc) is 2.87. The first-order chi connectivity index (χ1) is 17.4. The Hall–Kier alpha value is -3.74. The second-order valence-electron chi connectivity index (χ2n) is 8.11. The van der Waals surface area contributed by atoms with E-state index in [2.05, 4.69) is 25.9 Å². The Kier molecular flexibility index (Phi) is 6.72. The summed E-state index contributed by atoms with van der Waals surface area (Å²) in [6, 6.07) is 22.4. The van der Waals surface area contributed by atoms with Gasteiger partial charge in [0.25, 0.3) is 5.56 Å². The molecule has 0 atom stereocenters. The SMILES string of the molecule is CCOc1ccc2cc(C=CC(=O)c3c(-c4ccccc4)c4cc(Br)ccc4[nH]c3=O)c(Cl)nc2c1. The molecule has 0 radical (unpaired) electrons. The number of carbonyl (C=O) groups is 1. The van der Waals surface area contributed by atoms with Gasteiger partial charge in [-0.25, -0.2) is 4.98 Å². The van der Waals surface area contributed by atoms with Crippen LogP contribution in [0.3, 0.4) is 0 Å². The third kappa shape index (κ3) is 4.70. The number of halogens is 2. The summed E-state index contributed by atoms with van der Waals surface area (Å²) in [7, 11) is 0. The first-order valence-corrected chi connectivity index (χ1v) is 12.5. The van der Waals surface area contributed by atoms with Crippen LogP contribution in [-0.4, -0.2) is 22.4 Å². The van der Waals surface area contributed by atoms with E-state index in [0.29, 0.717) is 34.5 Å². The van der Waals surface area contributed by atoms with Gasteiger partial charge in [-0.3, -0.25) is 9.59 Å². The molecule has 0 bridgehead atoms. The highest BCUT2D eigenvalue weighted by Gasteiger charge is 2.19. The van der Waals surface area contributed by atoms with E-state index in [-0.39, 0.29) is 10.7 Å². The highest BCUT2D eigenvalue weighted by atomic mass is 79.9. The van der Waals surface area contributed by atoms with Crippen LogP contribution in [0, 0.1) is 0 Å². The zero-order chi connectivity index (χ0) is 25.2. The van der Waals surface area contributed by atoms with Gasteiger partial charge in [0.2, 0.25) is 0 Å². The Morgan fingerprint density at radius 2 is 1.89 bits per heavy atom. The lowest BCUT2D eigenvalue weighted by molar-refractivity contribution is 0.104. The van der Waals surface area contributed by atoms with Gasteiger partial charge < -0.3 is 9.72 Å². The molecule has 0 aliphatic rings. The lowest BCUT2D eigenvalue weighted by Crippen LogP contribution is -2.18. The molecule has 2 heterocycles. The van der Waals surface area contributed by atoms with Gasteiger partial charge in [0.1, 0.15) is 10.9 Å². The second kappa shape index (κ2) is 10.1. The standard InChI is InChI=1S/C29H20BrClN2O3/c1-2-36-21-11-8-18-14-19(28(31)32-24(18)16-21)9-13-25(34)27-26(17-6-4-3-5-7-17)22-15-20(30)10-12-23(22)33-29(27)35/h3-16H,2H2,1H3,(H,33,35). The molecule has 0 aliphatic carbocycles. The normalized spacial score (nSPS) is 11.4. The van der Waals surface area contributed by atoms with Crippen LogP contribution in [0.15, 0.2) is 88.1 Å². The van der Waals surface area contributed by atoms with Crippen LogP contribution in [0.25, 0.3) is 39.0 Å². The van der Waals surface area contributed by atoms with Crippen LogP contribution in [0.5, 0.6) is 5.75 Å². The van der Waals surface area contributed by atoms with Crippen molar-refractivity contribution in [1.29, 1.82) is 0 Å². The lowest BCUT2D eigenvalue weighted by Gasteiger charge is -2.12. The molecule has 5 nitrogen and oxygen atoms in total. The molecule has 3 aromatic carbocycles. The maximum absolute atomic E-state index is 13.5. The van der Waals surface area contributed by atoms with Gasteiger partial charge in [-0.15, -0.1) is 0 Å². The van der Waals surface area contributed by atoms with Gasteiger partial charge >= 0.3 is 0 Å². The number of fused-ring (bicyclic) bond motifs is 2. The average molecular weight is 560 g/mol. The quantitative estimate of drug-likeness (QED) is 0.133. The lowest BCUT2D eigenvalue weighted by atomic mass is 9.94. The number of hydrogen-bond donors (Lipinski definition) is 1. The van der Waals surface area contributed by atoms with Gasteiger partial charge in [-0.1, -0.05) is 57.9 Å². The number of nitrogens with one attached hydrogen (secondary N) is 1. The summed E-state index contributed by atoms with van der Waals surface area (Å²) < 4.78 is 6.37. The molecule has 178 valence electrons. The van der Waals surface area contributed by atoms with Crippen LogP contribution in [0.4, 0.5) is 0 Å². The third-order valence-corrected chi connectivity index (χ3v) is 6.58. The van der Waals surface area contributed by atoms with Crippen LogP contribution in [0.2, 0.25) is 5.15 Å². The summed E-state index contributed by atoms with van der Waals surface area (Å²) >= 11 is 9.93. The number of ether oxygens (including phenoxy) is 1. The van der Waals surface area contributed by atoms with Crippen molar-refractivity contribution < 1.29 is 9.53 Å². The fourth-order valence-electron chi connectivity index (χ4n) is 4.17. The number of allylic oxidation sites excluding steroid dienone is 1. The van der Waals surface area contributed by atoms with Crippen LogP contribution in [-0.2, 0) is 0 Å². The Labute approximate surface area is 220 Å². The number of ketones is 1. The maximum Gasteiger partial charge on any atom is 0.260 e. The van der Waals surface area contributed by atoms with Gasteiger partial charge in [0.15, 0.2) is 5.78 Å². The van der Waals surface area contributed by atoms with Crippen molar-refractivity contribution in [2.75, 3.05) is 6.61 Å². The molecule has 2 aromatic heterocycles. The van der Waals surface area contributed by atoms with Gasteiger partial charge in [-0.05, 0) is 61.0 Å². The third-order valence-electron chi connectivity index (χ3n) is 5.78. The maximum atomic E-state index is 13.5. The molecule has 5 rings (SSSR count). The van der Waals surface area contributed by atoms with E-state index < -0.39 is 11.3 Å². The number of aromatic nitrogens is 2. The largest absolute Gasteiger partial charge is 0.494 e. The number of benzene rings is 3. The van der Waals surface area contributed by atoms with E-state index in [1.165, 1.54) is 6.08 Å². The Bertz CT molecular complexity index is 1710. The number of pyridine rings is 2. The molecule has 0 saturated carbocycles. The number of H-pyrrole nitrogens is 1. The van der Waals surface area contributed by atoms with E-state index in [4.69, 9.17) is 16.3 Å². The van der Waals surface area contributed by atoms with Crippen molar-refractivity contribution >= 4 is 61.2 Å². The molecular weight excluding hydrogens is 540 g/mol. The molecule has 36 heavy (non-hydrogen) atoms. The highest BCUT2D eigenvalue weighted by Crippen LogP contribution is 2.32. The van der Waals surface area contributed by atoms with Crippen molar-refractivity contribution in [3.63, 3.8) is 0 Å². The predicted molar refractivity (Wildman–Crippen MR) is 149 cm³/mol. The van der Waals surface area contributed by atoms with E-state index in [9.17, 15) is 9.59 Å². The van der Waals surface area contributed by atoms with E-state index in [0.717, 1.165) is 20.8 Å². The zero-order valence-electron chi connectivity index (χ0n) is 19.2. The molecule has 0 spiro atoms. The summed E-state index contributed by atoms with van der Waals surface area (Å²) in [5, 5.41) is 1.87. The summed E-state index contributed by atoms with van der Waals surface area (Å²) in [5.74, 6) is 0.280. The number of aromatic amines is 1. The summed E-state index contributed by atoms with van der Waals surface area (Å²) in [6.45, 7) is 2.47. The number of nitrogens with zero attached hydrogens (tertiary/aromatic N) is 1. The van der Waals surface area contributed by atoms with Crippen molar-refractivity contribution in [3.8, 4) is 16.9 Å². The first-order valence-electron chi connectivity index (χ1n) is 11.3. The number of carbonyl (C=O) groups excluding carboxylic acids is 1. The molecule has 0 saturated heterocycles. The minimum Gasteiger partial charge on any atom is -0.494 e. The molecule has 0 fully saturated rings. The summed E-state index contributed by atoms with van der Waals surface area (Å²) in [6.07, 6.45) is 2.96. The summed E-state index contributed by atoms with van der Waals surface area (Å²) in [4.78, 5) is 33.9. The predicted octanol–water partition coefficient (Wildman–Crippen LogP) is 7.45. The Morgan fingerprint density at radius 1 is 1.08 bits per heavy atom. The monoisotopic (exact) mass is 558 g/mol. The first kappa shape index (κ1) is 24.0. The molecule has 0 amide bonds. The fourth-order valence-corrected chi connectivity index (χ4v) is 4.74.